The maximum absolute atomic E-state index is 12.1. The maximum atomic E-state index is 12.1. The average Bonchev–Trinajstić information content (AvgIpc) is 2.44. The number of nitrogens with zero attached hydrogens (tertiary/aromatic N) is 2. The molecule has 0 aliphatic heterocycles. The van der Waals surface area contributed by atoms with E-state index >= 15 is 0 Å². The zero-order valence-electron chi connectivity index (χ0n) is 12.5. The lowest BCUT2D eigenvalue weighted by Gasteiger charge is -2.23. The van der Waals surface area contributed by atoms with E-state index in [2.05, 4.69) is 0 Å². The minimum absolute atomic E-state index is 0.0509. The predicted octanol–water partition coefficient (Wildman–Crippen LogP) is 2.86. The van der Waals surface area contributed by atoms with E-state index in [1.807, 2.05) is 13.8 Å². The fourth-order valence-electron chi connectivity index (χ4n) is 1.93. The summed E-state index contributed by atoms with van der Waals surface area (Å²) in [6, 6.07) is 5.08. The first-order valence-corrected chi connectivity index (χ1v) is 7.60. The quantitative estimate of drug-likeness (QED) is 0.804. The van der Waals surface area contributed by atoms with Gasteiger partial charge in [-0.15, -0.1) is 0 Å². The third kappa shape index (κ3) is 5.21. The Balaban J connectivity index is 2.62. The summed E-state index contributed by atoms with van der Waals surface area (Å²) in [6.45, 7) is 5.20. The van der Waals surface area contributed by atoms with E-state index in [1.165, 1.54) is 4.90 Å². The third-order valence-electron chi connectivity index (χ3n) is 3.25. The molecule has 0 aliphatic rings. The van der Waals surface area contributed by atoms with Gasteiger partial charge >= 0.3 is 0 Å². The van der Waals surface area contributed by atoms with Gasteiger partial charge in [0.2, 0.25) is 11.8 Å². The van der Waals surface area contributed by atoms with E-state index in [1.54, 1.807) is 30.1 Å². The van der Waals surface area contributed by atoms with Crippen molar-refractivity contribution in [1.82, 2.24) is 9.80 Å². The highest BCUT2D eigenvalue weighted by Gasteiger charge is 2.17. The molecule has 0 saturated carbocycles. The van der Waals surface area contributed by atoms with Crippen LogP contribution in [-0.4, -0.2) is 48.3 Å². The van der Waals surface area contributed by atoms with E-state index in [-0.39, 0.29) is 24.8 Å². The Kier molecular flexibility index (Phi) is 6.99. The summed E-state index contributed by atoms with van der Waals surface area (Å²) < 4.78 is 0. The SMILES string of the molecule is CCN(CC)C(=O)CN(C)C(=O)Cc1ccc(Cl)c(Cl)c1. The lowest BCUT2D eigenvalue weighted by Crippen LogP contribution is -2.41. The molecule has 21 heavy (non-hydrogen) atoms. The number of hydrogen-bond acceptors (Lipinski definition) is 2. The monoisotopic (exact) mass is 330 g/mol. The molecule has 0 bridgehead atoms. The molecule has 2 amide bonds. The van der Waals surface area contributed by atoms with Crippen LogP contribution in [0.5, 0.6) is 0 Å². The summed E-state index contributed by atoms with van der Waals surface area (Å²) in [5, 5.41) is 0.877. The van der Waals surface area contributed by atoms with Crippen LogP contribution >= 0.6 is 23.2 Å². The molecule has 0 atom stereocenters. The van der Waals surface area contributed by atoms with Crippen LogP contribution in [-0.2, 0) is 16.0 Å². The molecule has 1 aromatic carbocycles. The molecular weight excluding hydrogens is 311 g/mol. The van der Waals surface area contributed by atoms with Crippen molar-refractivity contribution >= 4 is 35.0 Å². The van der Waals surface area contributed by atoms with E-state index in [4.69, 9.17) is 23.2 Å². The van der Waals surface area contributed by atoms with Gasteiger partial charge in [-0.05, 0) is 31.5 Å². The third-order valence-corrected chi connectivity index (χ3v) is 3.99. The average molecular weight is 331 g/mol. The topological polar surface area (TPSA) is 40.6 Å². The number of benzene rings is 1. The van der Waals surface area contributed by atoms with Crippen LogP contribution in [0.1, 0.15) is 19.4 Å². The first-order valence-electron chi connectivity index (χ1n) is 6.84. The maximum Gasteiger partial charge on any atom is 0.242 e. The van der Waals surface area contributed by atoms with Gasteiger partial charge in [0.15, 0.2) is 0 Å². The summed E-state index contributed by atoms with van der Waals surface area (Å²) in [5.74, 6) is -0.182. The molecule has 0 heterocycles. The second kappa shape index (κ2) is 8.25. The van der Waals surface area contributed by atoms with Gasteiger partial charge in [-0.25, -0.2) is 0 Å². The Hall–Kier alpha value is -1.26. The van der Waals surface area contributed by atoms with Crippen molar-refractivity contribution in [2.24, 2.45) is 0 Å². The highest BCUT2D eigenvalue weighted by Crippen LogP contribution is 2.22. The fraction of sp³-hybridized carbons (Fsp3) is 0.467. The van der Waals surface area contributed by atoms with E-state index in [0.717, 1.165) is 5.56 Å². The summed E-state index contributed by atoms with van der Waals surface area (Å²) in [6.07, 6.45) is 0.193. The summed E-state index contributed by atoms with van der Waals surface area (Å²) in [7, 11) is 1.63. The molecule has 4 nitrogen and oxygen atoms in total. The largest absolute Gasteiger partial charge is 0.342 e. The zero-order valence-corrected chi connectivity index (χ0v) is 14.0. The lowest BCUT2D eigenvalue weighted by atomic mass is 10.1. The van der Waals surface area contributed by atoms with Crippen molar-refractivity contribution in [3.8, 4) is 0 Å². The van der Waals surface area contributed by atoms with Gasteiger partial charge in [-0.2, -0.15) is 0 Å². The Morgan fingerprint density at radius 2 is 1.67 bits per heavy atom. The van der Waals surface area contributed by atoms with Crippen molar-refractivity contribution < 1.29 is 9.59 Å². The number of halogens is 2. The molecule has 0 aliphatic carbocycles. The zero-order chi connectivity index (χ0) is 16.0. The molecule has 0 unspecified atom stereocenters. The van der Waals surface area contributed by atoms with E-state index < -0.39 is 0 Å². The number of rotatable bonds is 6. The first kappa shape index (κ1) is 17.8. The van der Waals surface area contributed by atoms with Crippen LogP contribution in [0, 0.1) is 0 Å². The molecule has 0 fully saturated rings. The Morgan fingerprint density at radius 1 is 1.05 bits per heavy atom. The number of hydrogen-bond donors (Lipinski definition) is 0. The van der Waals surface area contributed by atoms with E-state index in [9.17, 15) is 9.59 Å². The Labute approximate surface area is 135 Å². The molecule has 1 rings (SSSR count). The number of carbonyl (C=O) groups excluding carboxylic acids is 2. The fourth-order valence-corrected chi connectivity index (χ4v) is 2.25. The van der Waals surface area contributed by atoms with Gasteiger partial charge in [0.1, 0.15) is 0 Å². The van der Waals surface area contributed by atoms with Gasteiger partial charge < -0.3 is 9.80 Å². The van der Waals surface area contributed by atoms with Crippen LogP contribution < -0.4 is 0 Å². The summed E-state index contributed by atoms with van der Waals surface area (Å²) >= 11 is 11.8. The molecule has 116 valence electrons. The minimum atomic E-state index is -0.131. The Bertz CT molecular complexity index is 516. The summed E-state index contributed by atoms with van der Waals surface area (Å²) in [5.41, 5.74) is 0.775. The highest BCUT2D eigenvalue weighted by molar-refractivity contribution is 6.42. The van der Waals surface area contributed by atoms with Crippen molar-refractivity contribution in [1.29, 1.82) is 0 Å². The normalized spacial score (nSPS) is 10.3. The van der Waals surface area contributed by atoms with Gasteiger partial charge in [-0.1, -0.05) is 29.3 Å². The number of amides is 2. The standard InChI is InChI=1S/C15H20Cl2N2O2/c1-4-19(5-2)15(21)10-18(3)14(20)9-11-6-7-12(16)13(17)8-11/h6-8H,4-5,9-10H2,1-3H3. The number of carbonyl (C=O) groups is 2. The second-order valence-corrected chi connectivity index (χ2v) is 5.56. The van der Waals surface area contributed by atoms with Gasteiger partial charge in [0, 0.05) is 20.1 Å². The van der Waals surface area contributed by atoms with Gasteiger partial charge in [0.05, 0.1) is 23.0 Å². The lowest BCUT2D eigenvalue weighted by molar-refractivity contribution is -0.138. The van der Waals surface area contributed by atoms with Gasteiger partial charge in [-0.3, -0.25) is 9.59 Å². The van der Waals surface area contributed by atoms with Crippen molar-refractivity contribution in [2.75, 3.05) is 26.7 Å². The van der Waals surface area contributed by atoms with Crippen LogP contribution in [0.2, 0.25) is 10.0 Å². The molecule has 0 N–H and O–H groups in total. The van der Waals surface area contributed by atoms with Crippen LogP contribution in [0.4, 0.5) is 0 Å². The molecule has 1 aromatic rings. The van der Waals surface area contributed by atoms with Crippen molar-refractivity contribution in [3.05, 3.63) is 33.8 Å². The molecule has 0 saturated heterocycles. The molecule has 0 spiro atoms. The molecule has 0 radical (unpaired) electrons. The van der Waals surface area contributed by atoms with Crippen molar-refractivity contribution in [2.45, 2.75) is 20.3 Å². The minimum Gasteiger partial charge on any atom is -0.342 e. The first-order chi connectivity index (χ1) is 9.88. The second-order valence-electron chi connectivity index (χ2n) is 4.74. The van der Waals surface area contributed by atoms with Crippen LogP contribution in [0.15, 0.2) is 18.2 Å². The molecule has 0 aromatic heterocycles. The highest BCUT2D eigenvalue weighted by atomic mass is 35.5. The van der Waals surface area contributed by atoms with Crippen molar-refractivity contribution in [3.63, 3.8) is 0 Å². The smallest absolute Gasteiger partial charge is 0.242 e. The summed E-state index contributed by atoms with van der Waals surface area (Å²) in [4.78, 5) is 27.2. The number of likely N-dealkylation sites (N-methyl/N-ethyl adjacent to an activating group) is 2. The molecular formula is C15H20Cl2N2O2. The molecule has 6 heteroatoms. The van der Waals surface area contributed by atoms with Crippen LogP contribution in [0.3, 0.4) is 0 Å². The van der Waals surface area contributed by atoms with Crippen LogP contribution in [0.25, 0.3) is 0 Å². The van der Waals surface area contributed by atoms with Gasteiger partial charge in [0.25, 0.3) is 0 Å². The Morgan fingerprint density at radius 3 is 2.19 bits per heavy atom. The predicted molar refractivity (Wildman–Crippen MR) is 85.7 cm³/mol. The van der Waals surface area contributed by atoms with E-state index in [0.29, 0.717) is 23.1 Å².